The van der Waals surface area contributed by atoms with Gasteiger partial charge in [0.15, 0.2) is 9.84 Å². The van der Waals surface area contributed by atoms with Crippen LogP contribution in [0.1, 0.15) is 12.6 Å². The summed E-state index contributed by atoms with van der Waals surface area (Å²) in [5.74, 6) is 2.39. The highest BCUT2D eigenvalue weighted by Gasteiger charge is 2.33. The normalized spacial score (nSPS) is 20.5. The number of nitrogens with zero attached hydrogens (tertiary/aromatic N) is 2. The Labute approximate surface area is 118 Å². The highest BCUT2D eigenvalue weighted by atomic mass is 32.2. The first-order valence-electron chi connectivity index (χ1n) is 6.30. The van der Waals surface area contributed by atoms with Crippen LogP contribution >= 0.6 is 11.8 Å². The standard InChI is InChI=1S/C12H19N3O2S2/c1-2-19(16,17)12-9-18-7-6-15(12)11-5-3-4-10(8-13)14-11/h3-5,12H,2,6-9,13H2,1H3. The molecule has 2 N–H and O–H groups in total. The molecule has 1 unspecified atom stereocenters. The van der Waals surface area contributed by atoms with Crippen LogP contribution in [0, 0.1) is 0 Å². The molecule has 1 aliphatic heterocycles. The maximum atomic E-state index is 12.2. The molecule has 1 saturated heterocycles. The molecule has 1 aromatic rings. The third-order valence-electron chi connectivity index (χ3n) is 3.20. The molecule has 7 heteroatoms. The Kier molecular flexibility index (Phi) is 4.70. The lowest BCUT2D eigenvalue weighted by molar-refractivity contribution is 0.578. The average Bonchev–Trinajstić information content (AvgIpc) is 2.47. The van der Waals surface area contributed by atoms with Crippen LogP contribution in [0.2, 0.25) is 0 Å². The Hall–Kier alpha value is -0.790. The van der Waals surface area contributed by atoms with Gasteiger partial charge in [-0.25, -0.2) is 13.4 Å². The second-order valence-corrected chi connectivity index (χ2v) is 7.96. The third-order valence-corrected chi connectivity index (χ3v) is 6.49. The van der Waals surface area contributed by atoms with Crippen LogP contribution in [0.4, 0.5) is 5.82 Å². The molecule has 0 spiro atoms. The molecule has 1 aromatic heterocycles. The quantitative estimate of drug-likeness (QED) is 0.888. The highest BCUT2D eigenvalue weighted by molar-refractivity contribution is 8.01. The van der Waals surface area contributed by atoms with E-state index in [1.807, 2.05) is 23.1 Å². The molecule has 0 amide bonds. The molecule has 1 fully saturated rings. The van der Waals surface area contributed by atoms with Crippen molar-refractivity contribution >= 4 is 27.4 Å². The molecule has 5 nitrogen and oxygen atoms in total. The first-order valence-corrected chi connectivity index (χ1v) is 9.17. The van der Waals surface area contributed by atoms with Crippen LogP contribution < -0.4 is 10.6 Å². The lowest BCUT2D eigenvalue weighted by atomic mass is 10.3. The molecule has 1 aliphatic rings. The van der Waals surface area contributed by atoms with E-state index in [0.717, 1.165) is 11.4 Å². The fourth-order valence-electron chi connectivity index (χ4n) is 2.07. The predicted molar refractivity (Wildman–Crippen MR) is 80.0 cm³/mol. The van der Waals surface area contributed by atoms with Gasteiger partial charge in [0.25, 0.3) is 0 Å². The number of nitrogens with two attached hydrogens (primary N) is 1. The van der Waals surface area contributed by atoms with Gasteiger partial charge in [-0.3, -0.25) is 0 Å². The van der Waals surface area contributed by atoms with E-state index in [-0.39, 0.29) is 5.75 Å². The van der Waals surface area contributed by atoms with Crippen LogP contribution in [0.3, 0.4) is 0 Å². The summed E-state index contributed by atoms with van der Waals surface area (Å²) in [6, 6.07) is 5.58. The lowest BCUT2D eigenvalue weighted by Crippen LogP contribution is -2.48. The monoisotopic (exact) mass is 301 g/mol. The smallest absolute Gasteiger partial charge is 0.171 e. The van der Waals surface area contributed by atoms with Crippen molar-refractivity contribution in [3.8, 4) is 0 Å². The van der Waals surface area contributed by atoms with Crippen molar-refractivity contribution < 1.29 is 8.42 Å². The summed E-state index contributed by atoms with van der Waals surface area (Å²) in [5, 5.41) is -0.475. The summed E-state index contributed by atoms with van der Waals surface area (Å²) in [4.78, 5) is 6.34. The molecular formula is C12H19N3O2S2. The van der Waals surface area contributed by atoms with Crippen LogP contribution in [0.25, 0.3) is 0 Å². The number of anilines is 1. The minimum Gasteiger partial charge on any atom is -0.338 e. The number of rotatable bonds is 4. The van der Waals surface area contributed by atoms with Crippen LogP contribution in [-0.2, 0) is 16.4 Å². The molecule has 0 aromatic carbocycles. The highest BCUT2D eigenvalue weighted by Crippen LogP contribution is 2.26. The Morgan fingerprint density at radius 1 is 1.53 bits per heavy atom. The predicted octanol–water partition coefficient (Wildman–Crippen LogP) is 0.854. The van der Waals surface area contributed by atoms with E-state index in [2.05, 4.69) is 4.98 Å². The summed E-state index contributed by atoms with van der Waals surface area (Å²) >= 11 is 1.68. The second-order valence-electron chi connectivity index (χ2n) is 4.37. The maximum Gasteiger partial charge on any atom is 0.171 e. The fourth-order valence-corrected chi connectivity index (χ4v) is 5.05. The second kappa shape index (κ2) is 6.11. The van der Waals surface area contributed by atoms with Gasteiger partial charge in [-0.15, -0.1) is 0 Å². The van der Waals surface area contributed by atoms with E-state index in [1.165, 1.54) is 0 Å². The maximum absolute atomic E-state index is 12.2. The number of pyridine rings is 1. The molecular weight excluding hydrogens is 282 g/mol. The first kappa shape index (κ1) is 14.6. The van der Waals surface area contributed by atoms with E-state index < -0.39 is 15.2 Å². The van der Waals surface area contributed by atoms with Crippen molar-refractivity contribution in [1.29, 1.82) is 0 Å². The minimum atomic E-state index is -3.10. The molecule has 0 aliphatic carbocycles. The zero-order chi connectivity index (χ0) is 13.9. The Balaban J connectivity index is 2.34. The fraction of sp³-hybridized carbons (Fsp3) is 0.583. The Morgan fingerprint density at radius 3 is 3.00 bits per heavy atom. The average molecular weight is 301 g/mol. The van der Waals surface area contributed by atoms with Gasteiger partial charge in [-0.05, 0) is 12.1 Å². The van der Waals surface area contributed by atoms with Crippen molar-refractivity contribution in [2.45, 2.75) is 18.8 Å². The topological polar surface area (TPSA) is 76.3 Å². The summed E-state index contributed by atoms with van der Waals surface area (Å²) < 4.78 is 24.4. The number of sulfone groups is 1. The van der Waals surface area contributed by atoms with Gasteiger partial charge in [0, 0.05) is 30.3 Å². The van der Waals surface area contributed by atoms with E-state index in [0.29, 0.717) is 24.7 Å². The van der Waals surface area contributed by atoms with E-state index in [1.54, 1.807) is 18.7 Å². The van der Waals surface area contributed by atoms with Crippen molar-refractivity contribution in [2.24, 2.45) is 5.73 Å². The lowest BCUT2D eigenvalue weighted by Gasteiger charge is -2.35. The molecule has 106 valence electrons. The summed E-state index contributed by atoms with van der Waals surface area (Å²) in [5.41, 5.74) is 6.37. The van der Waals surface area contributed by atoms with E-state index in [9.17, 15) is 8.42 Å². The van der Waals surface area contributed by atoms with Gasteiger partial charge in [-0.2, -0.15) is 11.8 Å². The minimum absolute atomic E-state index is 0.158. The Bertz CT molecular complexity index is 534. The zero-order valence-electron chi connectivity index (χ0n) is 10.9. The van der Waals surface area contributed by atoms with Crippen LogP contribution in [-0.4, -0.2) is 42.6 Å². The van der Waals surface area contributed by atoms with Crippen molar-refractivity contribution in [1.82, 2.24) is 4.98 Å². The molecule has 2 rings (SSSR count). The van der Waals surface area contributed by atoms with Gasteiger partial charge in [0.05, 0.1) is 5.69 Å². The van der Waals surface area contributed by atoms with Crippen molar-refractivity contribution in [2.75, 3.05) is 28.7 Å². The third kappa shape index (κ3) is 3.21. The zero-order valence-corrected chi connectivity index (χ0v) is 12.6. The van der Waals surface area contributed by atoms with Crippen LogP contribution in [0.15, 0.2) is 18.2 Å². The summed E-state index contributed by atoms with van der Waals surface area (Å²) in [6.07, 6.45) is 0. The first-order chi connectivity index (χ1) is 9.08. The molecule has 0 radical (unpaired) electrons. The number of aromatic nitrogens is 1. The van der Waals surface area contributed by atoms with Gasteiger partial charge in [0.2, 0.25) is 0 Å². The van der Waals surface area contributed by atoms with Gasteiger partial charge in [-0.1, -0.05) is 13.0 Å². The molecule has 0 saturated carbocycles. The molecule has 19 heavy (non-hydrogen) atoms. The molecule has 1 atom stereocenters. The van der Waals surface area contributed by atoms with Gasteiger partial charge >= 0.3 is 0 Å². The van der Waals surface area contributed by atoms with E-state index >= 15 is 0 Å². The van der Waals surface area contributed by atoms with Crippen LogP contribution in [0.5, 0.6) is 0 Å². The van der Waals surface area contributed by atoms with Gasteiger partial charge in [0.1, 0.15) is 11.2 Å². The Morgan fingerprint density at radius 2 is 2.32 bits per heavy atom. The summed E-state index contributed by atoms with van der Waals surface area (Å²) in [6.45, 7) is 2.76. The van der Waals surface area contributed by atoms with Gasteiger partial charge < -0.3 is 10.6 Å². The molecule has 2 heterocycles. The number of hydrogen-bond acceptors (Lipinski definition) is 6. The number of thioether (sulfide) groups is 1. The van der Waals surface area contributed by atoms with Crippen molar-refractivity contribution in [3.63, 3.8) is 0 Å². The molecule has 0 bridgehead atoms. The van der Waals surface area contributed by atoms with E-state index in [4.69, 9.17) is 5.73 Å². The SMILES string of the molecule is CCS(=O)(=O)C1CSCCN1c1cccc(CN)n1. The summed E-state index contributed by atoms with van der Waals surface area (Å²) in [7, 11) is -3.10. The van der Waals surface area contributed by atoms with Crippen molar-refractivity contribution in [3.05, 3.63) is 23.9 Å². The number of hydrogen-bond donors (Lipinski definition) is 1. The largest absolute Gasteiger partial charge is 0.338 e.